The van der Waals surface area contributed by atoms with Gasteiger partial charge in [0.1, 0.15) is 0 Å². The number of hydrogen-bond acceptors (Lipinski definition) is 1. The van der Waals surface area contributed by atoms with Crippen molar-refractivity contribution in [1.29, 1.82) is 0 Å². The molecule has 2 aliphatic rings. The second-order valence-electron chi connectivity index (χ2n) is 5.09. The van der Waals surface area contributed by atoms with Gasteiger partial charge in [0.05, 0.1) is 5.91 Å². The van der Waals surface area contributed by atoms with Gasteiger partial charge in [0.2, 0.25) is 0 Å². The van der Waals surface area contributed by atoms with Crippen LogP contribution in [-0.2, 0) is 4.79 Å². The van der Waals surface area contributed by atoms with Crippen molar-refractivity contribution in [1.82, 2.24) is 0 Å². The fraction of sp³-hybridized carbons (Fsp3) is 0.923. The molecular weight excluding hydrogens is 327 g/mol. The van der Waals surface area contributed by atoms with E-state index in [9.17, 15) is 4.79 Å². The monoisotopic (exact) mass is 349 g/mol. The van der Waals surface area contributed by atoms with Crippen molar-refractivity contribution in [2.24, 2.45) is 5.92 Å². The molecule has 0 spiro atoms. The third kappa shape index (κ3) is 4.60. The van der Waals surface area contributed by atoms with E-state index in [0.717, 1.165) is 25.7 Å². The van der Waals surface area contributed by atoms with Crippen molar-refractivity contribution in [2.45, 2.75) is 70.3 Å². The molecule has 1 radical (unpaired) electrons. The van der Waals surface area contributed by atoms with Gasteiger partial charge in [-0.25, -0.2) is 0 Å². The summed E-state index contributed by atoms with van der Waals surface area (Å²) in [7, 11) is 0. The largest absolute Gasteiger partial charge is 0.650 e. The molecule has 0 aromatic heterocycles. The Morgan fingerprint density at radius 2 is 1.31 bits per heavy atom. The molecule has 0 bridgehead atoms. The minimum Gasteiger partial charge on any atom is -0.650 e. The van der Waals surface area contributed by atoms with Crippen molar-refractivity contribution in [3.8, 4) is 0 Å². The van der Waals surface area contributed by atoms with Gasteiger partial charge in [-0.1, -0.05) is 51.4 Å². The number of carbonyl (C=O) groups excluding carboxylic acids is 1. The first kappa shape index (κ1) is 14.9. The summed E-state index contributed by atoms with van der Waals surface area (Å²) < 4.78 is 0. The summed E-state index contributed by atoms with van der Waals surface area (Å²) in [6.45, 7) is 0. The van der Waals surface area contributed by atoms with E-state index in [2.05, 4.69) is 5.32 Å². The number of carbonyl (C=O) groups is 1. The number of rotatable bonds is 2. The summed E-state index contributed by atoms with van der Waals surface area (Å²) >= 11 is 0. The van der Waals surface area contributed by atoms with Crippen molar-refractivity contribution < 1.29 is 46.1 Å². The second-order valence-corrected chi connectivity index (χ2v) is 5.09. The van der Waals surface area contributed by atoms with E-state index in [-0.39, 0.29) is 53.1 Å². The van der Waals surface area contributed by atoms with Crippen LogP contribution in [0.1, 0.15) is 64.2 Å². The Kier molecular flexibility index (Phi) is 7.47. The number of hydrogen-bond donors (Lipinski definition) is 0. The summed E-state index contributed by atoms with van der Waals surface area (Å²) in [5, 5.41) is 4.42. The van der Waals surface area contributed by atoms with Crippen LogP contribution >= 0.6 is 0 Å². The molecule has 0 aromatic carbocycles. The van der Waals surface area contributed by atoms with Gasteiger partial charge in [-0.15, -0.1) is 6.04 Å². The van der Waals surface area contributed by atoms with Gasteiger partial charge >= 0.3 is 0 Å². The maximum atomic E-state index is 11.9. The van der Waals surface area contributed by atoms with Gasteiger partial charge < -0.3 is 10.1 Å². The average molecular weight is 349 g/mol. The third-order valence-electron chi connectivity index (χ3n) is 3.84. The number of amides is 1. The zero-order valence-electron chi connectivity index (χ0n) is 10.2. The molecule has 0 N–H and O–H groups in total. The fourth-order valence-corrected chi connectivity index (χ4v) is 2.85. The minimum atomic E-state index is 0. The molecule has 2 nitrogen and oxygen atoms in total. The topological polar surface area (TPSA) is 31.2 Å². The van der Waals surface area contributed by atoms with Crippen molar-refractivity contribution >= 4 is 5.91 Å². The zero-order chi connectivity index (χ0) is 10.5. The molecule has 1 amide bonds. The Morgan fingerprint density at radius 3 is 1.88 bits per heavy atom. The van der Waals surface area contributed by atoms with Crippen LogP contribution in [-0.4, -0.2) is 11.9 Å². The normalized spacial score (nSPS) is 23.5. The maximum Gasteiger partial charge on any atom is 0.0544 e. The van der Waals surface area contributed by atoms with Gasteiger partial charge in [0, 0.05) is 47.2 Å². The molecule has 16 heavy (non-hydrogen) atoms. The van der Waals surface area contributed by atoms with E-state index in [4.69, 9.17) is 0 Å². The van der Waals surface area contributed by atoms with Gasteiger partial charge in [-0.3, -0.25) is 0 Å². The molecule has 0 aliphatic heterocycles. The van der Waals surface area contributed by atoms with E-state index >= 15 is 0 Å². The van der Waals surface area contributed by atoms with Gasteiger partial charge in [0.15, 0.2) is 0 Å². The predicted octanol–water partition coefficient (Wildman–Crippen LogP) is 3.80. The van der Waals surface area contributed by atoms with Gasteiger partial charge in [0.25, 0.3) is 0 Å². The summed E-state index contributed by atoms with van der Waals surface area (Å²) in [5.41, 5.74) is 0. The standard InChI is InChI=1S/C13H23NO.Pr/c15-13(11-7-3-1-4-8-11)14-12-9-5-2-6-10-12;/h11-12H,1-10H2,(H,14,15);/p-1. The first-order valence-corrected chi connectivity index (χ1v) is 6.61. The van der Waals surface area contributed by atoms with Crippen LogP contribution in [0.15, 0.2) is 0 Å². The van der Waals surface area contributed by atoms with Crippen molar-refractivity contribution in [2.75, 3.05) is 0 Å². The van der Waals surface area contributed by atoms with Gasteiger partial charge in [-0.05, 0) is 12.8 Å². The van der Waals surface area contributed by atoms with E-state index in [1.165, 1.54) is 38.5 Å². The molecule has 2 rings (SSSR count). The Bertz CT molecular complexity index is 208. The van der Waals surface area contributed by atoms with E-state index in [0.29, 0.717) is 6.04 Å². The zero-order valence-corrected chi connectivity index (χ0v) is 13.9. The van der Waals surface area contributed by atoms with E-state index in [1.54, 1.807) is 0 Å². The molecular formula is C13H22NOPr-. The van der Waals surface area contributed by atoms with Gasteiger partial charge in [-0.2, -0.15) is 0 Å². The molecule has 0 heterocycles. The fourth-order valence-electron chi connectivity index (χ4n) is 2.85. The molecule has 2 aliphatic carbocycles. The summed E-state index contributed by atoms with van der Waals surface area (Å²) in [4.78, 5) is 11.9. The van der Waals surface area contributed by atoms with Crippen LogP contribution in [0.3, 0.4) is 0 Å². The molecule has 0 atom stereocenters. The molecule has 2 saturated carbocycles. The first-order chi connectivity index (χ1) is 7.36. The Morgan fingerprint density at radius 1 is 0.812 bits per heavy atom. The van der Waals surface area contributed by atoms with Crippen LogP contribution in [0.5, 0.6) is 0 Å². The Balaban J connectivity index is 0.00000128. The van der Waals surface area contributed by atoms with Crippen LogP contribution in [0, 0.1) is 47.2 Å². The molecule has 0 aromatic rings. The quantitative estimate of drug-likeness (QED) is 0.746. The average Bonchev–Trinajstić information content (AvgIpc) is 2.31. The Labute approximate surface area is 132 Å². The summed E-state index contributed by atoms with van der Waals surface area (Å²) in [6, 6.07) is 0.369. The van der Waals surface area contributed by atoms with Crippen LogP contribution in [0.2, 0.25) is 0 Å². The smallest absolute Gasteiger partial charge is 0.0544 e. The van der Waals surface area contributed by atoms with Crippen molar-refractivity contribution in [3.63, 3.8) is 0 Å². The second kappa shape index (κ2) is 8.03. The van der Waals surface area contributed by atoms with E-state index < -0.39 is 0 Å². The predicted molar refractivity (Wildman–Crippen MR) is 61.8 cm³/mol. The molecule has 0 saturated heterocycles. The van der Waals surface area contributed by atoms with Crippen molar-refractivity contribution in [3.05, 3.63) is 5.32 Å². The minimum absolute atomic E-state index is 0. The molecule has 3 heteroatoms. The maximum absolute atomic E-state index is 11.9. The van der Waals surface area contributed by atoms with E-state index in [1.807, 2.05) is 0 Å². The third-order valence-corrected chi connectivity index (χ3v) is 3.84. The first-order valence-electron chi connectivity index (χ1n) is 6.61. The SMILES string of the molecule is O=C([N-]C1CCCCC1)C1CCCCC1.[Pr]. The van der Waals surface area contributed by atoms with Crippen LogP contribution < -0.4 is 0 Å². The Hall–Kier alpha value is 0.834. The van der Waals surface area contributed by atoms with Crippen LogP contribution in [0.4, 0.5) is 0 Å². The molecule has 0 unspecified atom stereocenters. The summed E-state index contributed by atoms with van der Waals surface area (Å²) in [6.07, 6.45) is 12.1. The molecule has 2 fully saturated rings. The summed E-state index contributed by atoms with van der Waals surface area (Å²) in [5.74, 6) is 0.502. The molecule has 89 valence electrons. The van der Waals surface area contributed by atoms with Crippen LogP contribution in [0.25, 0.3) is 5.32 Å². The number of nitrogens with zero attached hydrogens (tertiary/aromatic N) is 1.